The van der Waals surface area contributed by atoms with Crippen molar-refractivity contribution in [2.24, 2.45) is 5.92 Å². The number of carboxylic acids is 1. The number of rotatable bonds is 5. The Morgan fingerprint density at radius 3 is 2.47 bits per heavy atom. The number of aliphatic carboxylic acids is 1. The van der Waals surface area contributed by atoms with E-state index >= 15 is 0 Å². The average molecular weight is 529 g/mol. The number of carbonyl (C=O) groups excluding carboxylic acids is 1. The molecule has 5 rings (SSSR count). The van der Waals surface area contributed by atoms with E-state index in [4.69, 9.17) is 14.5 Å². The number of imidazole rings is 1. The lowest BCUT2D eigenvalue weighted by molar-refractivity contribution is -0.143. The molecule has 1 N–H and O–H groups in total. The van der Waals surface area contributed by atoms with E-state index < -0.39 is 35.5 Å². The summed E-state index contributed by atoms with van der Waals surface area (Å²) in [6, 6.07) is 4.86. The smallest absolute Gasteiger partial charge is 0.414 e. The van der Waals surface area contributed by atoms with Gasteiger partial charge < -0.3 is 19.1 Å². The lowest BCUT2D eigenvalue weighted by Gasteiger charge is -2.34. The zero-order chi connectivity index (χ0) is 27.1. The zero-order valence-corrected chi connectivity index (χ0v) is 21.5. The Kier molecular flexibility index (Phi) is 6.93. The molecule has 1 aliphatic heterocycles. The van der Waals surface area contributed by atoms with Crippen molar-refractivity contribution in [2.45, 2.75) is 64.0 Å². The van der Waals surface area contributed by atoms with Crippen molar-refractivity contribution >= 4 is 28.8 Å². The standard InChI is InChI=1S/C27H30F2N4O5/c1-14-4-9-18-20(32(14)27(36)38-3)10-11-21-23(18)31-22(13-16-12-19(28)24(37-2)25(29)30-16)33(21)17-7-5-15(6-8-17)26(34)35/h10-12,14-15,17H,4-9,13H2,1-3H3,(H,34,35)/t14-,15-,17-/m0/s1. The summed E-state index contributed by atoms with van der Waals surface area (Å²) in [5, 5.41) is 9.46. The van der Waals surface area contributed by atoms with Crippen LogP contribution in [0.4, 0.5) is 19.3 Å². The Bertz CT molecular complexity index is 1380. The maximum atomic E-state index is 14.5. The third-order valence-electron chi connectivity index (χ3n) is 7.79. The van der Waals surface area contributed by atoms with Crippen LogP contribution in [0.5, 0.6) is 5.75 Å². The lowest BCUT2D eigenvalue weighted by Crippen LogP contribution is -2.42. The van der Waals surface area contributed by atoms with Gasteiger partial charge in [-0.15, -0.1) is 0 Å². The summed E-state index contributed by atoms with van der Waals surface area (Å²) in [6.45, 7) is 1.97. The number of fused-ring (bicyclic) bond motifs is 3. The number of benzene rings is 1. The molecule has 202 valence electrons. The van der Waals surface area contributed by atoms with E-state index in [-0.39, 0.29) is 24.2 Å². The number of carbonyl (C=O) groups is 2. The third kappa shape index (κ3) is 4.43. The predicted molar refractivity (Wildman–Crippen MR) is 135 cm³/mol. The molecule has 1 amide bonds. The van der Waals surface area contributed by atoms with Crippen molar-refractivity contribution in [1.29, 1.82) is 0 Å². The van der Waals surface area contributed by atoms with Gasteiger partial charge in [-0.2, -0.15) is 4.39 Å². The first-order valence-electron chi connectivity index (χ1n) is 12.7. The Morgan fingerprint density at radius 1 is 1.11 bits per heavy atom. The fourth-order valence-corrected chi connectivity index (χ4v) is 5.89. The van der Waals surface area contributed by atoms with E-state index in [9.17, 15) is 23.5 Å². The normalized spacial score (nSPS) is 21.3. The SMILES string of the molecule is COC(=O)N1c2ccc3c(nc(Cc4cc(F)c(OC)c(F)n4)n3[C@H]3CC[C@H](C(=O)O)CC3)c2CC[C@@H]1C. The topological polar surface area (TPSA) is 107 Å². The number of aryl methyl sites for hydroxylation is 1. The summed E-state index contributed by atoms with van der Waals surface area (Å²) < 4.78 is 40.7. The number of hydrogen-bond acceptors (Lipinski definition) is 6. The second-order valence-corrected chi connectivity index (χ2v) is 10.00. The molecule has 1 saturated carbocycles. The van der Waals surface area contributed by atoms with Crippen molar-refractivity contribution in [3.8, 4) is 5.75 Å². The van der Waals surface area contributed by atoms with Crippen LogP contribution >= 0.6 is 0 Å². The van der Waals surface area contributed by atoms with E-state index in [0.29, 0.717) is 43.4 Å². The molecule has 3 heterocycles. The van der Waals surface area contributed by atoms with Gasteiger partial charge in [0.2, 0.25) is 5.75 Å². The van der Waals surface area contributed by atoms with Crippen LogP contribution in [0.1, 0.15) is 62.2 Å². The summed E-state index contributed by atoms with van der Waals surface area (Å²) in [6.07, 6.45) is 3.38. The van der Waals surface area contributed by atoms with E-state index in [1.807, 2.05) is 19.1 Å². The molecule has 1 fully saturated rings. The molecule has 0 bridgehead atoms. The Morgan fingerprint density at radius 2 is 1.84 bits per heavy atom. The fourth-order valence-electron chi connectivity index (χ4n) is 5.89. The number of methoxy groups -OCH3 is 2. The number of aromatic nitrogens is 3. The van der Waals surface area contributed by atoms with Gasteiger partial charge in [-0.05, 0) is 63.6 Å². The van der Waals surface area contributed by atoms with Gasteiger partial charge in [0.1, 0.15) is 5.82 Å². The Balaban J connectivity index is 1.62. The molecule has 0 radical (unpaired) electrons. The van der Waals surface area contributed by atoms with Gasteiger partial charge in [-0.3, -0.25) is 9.69 Å². The molecule has 2 aliphatic rings. The molecular formula is C27H30F2N4O5. The maximum Gasteiger partial charge on any atom is 0.414 e. The van der Waals surface area contributed by atoms with Crippen LogP contribution in [0.15, 0.2) is 18.2 Å². The minimum absolute atomic E-state index is 0.0317. The number of nitrogens with zero attached hydrogens (tertiary/aromatic N) is 4. The van der Waals surface area contributed by atoms with Crippen molar-refractivity contribution in [2.75, 3.05) is 19.1 Å². The third-order valence-corrected chi connectivity index (χ3v) is 7.79. The van der Waals surface area contributed by atoms with Gasteiger partial charge in [-0.25, -0.2) is 19.2 Å². The van der Waals surface area contributed by atoms with Gasteiger partial charge in [0.15, 0.2) is 5.82 Å². The van der Waals surface area contributed by atoms with Gasteiger partial charge in [0.05, 0.1) is 42.6 Å². The van der Waals surface area contributed by atoms with Crippen LogP contribution in [-0.2, 0) is 22.4 Å². The molecule has 2 aromatic heterocycles. The van der Waals surface area contributed by atoms with Crippen LogP contribution < -0.4 is 9.64 Å². The summed E-state index contributed by atoms with van der Waals surface area (Å²) in [7, 11) is 2.53. The monoisotopic (exact) mass is 528 g/mol. The number of pyridine rings is 1. The van der Waals surface area contributed by atoms with Crippen LogP contribution in [0.2, 0.25) is 0 Å². The number of halogens is 2. The van der Waals surface area contributed by atoms with Gasteiger partial charge in [0.25, 0.3) is 5.95 Å². The maximum absolute atomic E-state index is 14.5. The highest BCUT2D eigenvalue weighted by Gasteiger charge is 2.34. The second-order valence-electron chi connectivity index (χ2n) is 10.00. The van der Waals surface area contributed by atoms with E-state index in [2.05, 4.69) is 9.55 Å². The van der Waals surface area contributed by atoms with Crippen LogP contribution in [0.3, 0.4) is 0 Å². The molecule has 0 spiro atoms. The molecule has 9 nitrogen and oxygen atoms in total. The second kappa shape index (κ2) is 10.2. The summed E-state index contributed by atoms with van der Waals surface area (Å²) in [4.78, 5) is 34.6. The molecular weight excluding hydrogens is 498 g/mol. The fraction of sp³-hybridized carbons (Fsp3) is 0.481. The summed E-state index contributed by atoms with van der Waals surface area (Å²) in [5.74, 6) is -3.03. The number of anilines is 1. The highest BCUT2D eigenvalue weighted by atomic mass is 19.1. The highest BCUT2D eigenvalue weighted by molar-refractivity contribution is 5.95. The lowest BCUT2D eigenvalue weighted by atomic mass is 9.85. The molecule has 0 unspecified atom stereocenters. The Labute approximate surface area is 218 Å². The number of carboxylic acid groups (broad SMARTS) is 1. The first-order chi connectivity index (χ1) is 18.2. The molecule has 1 aromatic carbocycles. The van der Waals surface area contributed by atoms with Crippen LogP contribution in [0.25, 0.3) is 11.0 Å². The summed E-state index contributed by atoms with van der Waals surface area (Å²) in [5.41, 5.74) is 3.36. The minimum atomic E-state index is -1.03. The number of amides is 1. The van der Waals surface area contributed by atoms with Gasteiger partial charge >= 0.3 is 12.1 Å². The van der Waals surface area contributed by atoms with Crippen LogP contribution in [0, 0.1) is 17.7 Å². The minimum Gasteiger partial charge on any atom is -0.490 e. The van der Waals surface area contributed by atoms with Crippen molar-refractivity contribution in [1.82, 2.24) is 14.5 Å². The number of ether oxygens (including phenoxy) is 2. The first kappa shape index (κ1) is 25.9. The molecule has 0 saturated heterocycles. The Hall–Kier alpha value is -3.76. The molecule has 11 heteroatoms. The van der Waals surface area contributed by atoms with Gasteiger partial charge in [0, 0.05) is 24.1 Å². The van der Waals surface area contributed by atoms with Gasteiger partial charge in [-0.1, -0.05) is 0 Å². The van der Waals surface area contributed by atoms with Crippen molar-refractivity contribution in [3.63, 3.8) is 0 Å². The zero-order valence-electron chi connectivity index (χ0n) is 21.5. The average Bonchev–Trinajstić information content (AvgIpc) is 3.26. The van der Waals surface area contributed by atoms with E-state index in [1.54, 1.807) is 4.90 Å². The largest absolute Gasteiger partial charge is 0.490 e. The van der Waals surface area contributed by atoms with Crippen LogP contribution in [-0.4, -0.2) is 52.0 Å². The molecule has 1 atom stereocenters. The number of hydrogen-bond donors (Lipinski definition) is 1. The molecule has 38 heavy (non-hydrogen) atoms. The molecule has 3 aromatic rings. The highest BCUT2D eigenvalue weighted by Crippen LogP contribution is 2.40. The van der Waals surface area contributed by atoms with Crippen molar-refractivity contribution < 1.29 is 33.0 Å². The van der Waals surface area contributed by atoms with E-state index in [1.165, 1.54) is 14.2 Å². The predicted octanol–water partition coefficient (Wildman–Crippen LogP) is 5.03. The summed E-state index contributed by atoms with van der Waals surface area (Å²) >= 11 is 0. The molecule has 1 aliphatic carbocycles. The first-order valence-corrected chi connectivity index (χ1v) is 12.7. The van der Waals surface area contributed by atoms with Crippen molar-refractivity contribution in [3.05, 3.63) is 47.0 Å². The van der Waals surface area contributed by atoms with E-state index in [0.717, 1.165) is 29.3 Å². The quantitative estimate of drug-likeness (QED) is 0.463.